The van der Waals surface area contributed by atoms with Crippen LogP contribution in [0.5, 0.6) is 40.2 Å². The third kappa shape index (κ3) is 27.8. The van der Waals surface area contributed by atoms with Crippen molar-refractivity contribution in [2.45, 2.75) is 0 Å². The second-order valence-electron chi connectivity index (χ2n) is 29.2. The van der Waals surface area contributed by atoms with E-state index >= 15 is 0 Å². The standard InChI is InChI=1S/2C15H11FN2O2S.3C14H10FN3O2S.C14H9FN2O2S.C13H8FN3O2S/c1-20-11-6-7-12-13(8-11)21-15(17-12)18-14(19)9-2-4-10(16)5-3-9;1-20-11-5-6-12-13(8-11)21-15(17-12)18-14(19)9-3-2-4-10(16)7-9;1-20-9-3-5-10-12(6-9)21-14(17-10)18-13(19)11-4-2-8(15)7-16-11;1-20-9-2-3-10-12(7-9)21-14(17-10)18-13(19)11-6-8(15)4-5-16-11;1-20-8-5-6-9-11(7-8)21-14(17-9)18-13(19)10-3-2-4-12(15)16-10;15-9-3-1-8(2-4-9)13(19)17-14-16-11-6-5-10(18)7-12(11)20-14;14-11-3-1-2-9(15-11)12(19)17-13-16-8-5-4-7(18)6-10(8)20-13/h2*2-8H,1H3,(H,17,18,19);3*2-7H,1H3,(H,17,18,19);1-7,18H,(H,16,17,19);1-6,18H,(H,16,17,19)/i2*16+0;4*15+0;14+0. The number of methoxy groups -OCH3 is 5. The number of anilines is 7. The topological polar surface area (TPSA) is 432 Å². The number of hydrogen-bond donors (Lipinski definition) is 9. The first-order chi connectivity index (χ1) is 70.0. The molecule has 7 amide bonds. The molecule has 0 bridgehead atoms. The van der Waals surface area contributed by atoms with E-state index in [1.54, 1.807) is 102 Å². The average Bonchev–Trinajstić information content (AvgIpc) is 1.72. The van der Waals surface area contributed by atoms with Crippen molar-refractivity contribution in [1.29, 1.82) is 0 Å². The number of pyridine rings is 4. The molecule has 0 spiro atoms. The molecule has 0 atom stereocenters. The van der Waals surface area contributed by atoms with Crippen LogP contribution in [0.1, 0.15) is 73.0 Å². The monoisotopic (exact) mass is 2090 g/mol. The van der Waals surface area contributed by atoms with E-state index in [-0.39, 0.29) is 63.4 Å². The van der Waals surface area contributed by atoms with Crippen LogP contribution in [0.4, 0.5) is 66.7 Å². The molecule has 32 nitrogen and oxygen atoms in total. The number of aromatic nitrogens is 11. The van der Waals surface area contributed by atoms with Crippen molar-refractivity contribution in [2.24, 2.45) is 0 Å². The number of fused-ring (bicyclic) bond motifs is 7. The van der Waals surface area contributed by atoms with Crippen LogP contribution in [-0.2, 0) is 0 Å². The molecule has 10 aromatic carbocycles. The average molecular weight is 2090 g/mol. The number of hydrogen-bond acceptors (Lipinski definition) is 32. The SMILES string of the molecule is COc1ccc2nc(NC(=O)c3cc([19F])ccn3)sc2c1.COc1ccc2nc(NC(=O)c3ccc([19F])cc3)sc2c1.COc1ccc2nc(NC(=O)c3ccc([19F])cn3)sc2c1.COc1ccc2nc(NC(=O)c3cccc([19F])c3)sc2c1.COc1ccc2nc(NC(=O)c3cccc([19F])n3)sc2c1.O=C(Nc1nc2ccc(O)cc2s1)c1ccc([19F])cc1.O=C(Nc1nc2ccc(O)cc2s1)c1cccc([19F])n1. The lowest BCUT2D eigenvalue weighted by molar-refractivity contribution is 0.101. The minimum absolute atomic E-state index is 0.00633. The second kappa shape index (κ2) is 47.6. The number of phenols is 2. The van der Waals surface area contributed by atoms with Crippen LogP contribution in [0.25, 0.3) is 71.5 Å². The molecular formula is C99H69F7N18O14S7. The molecule has 11 aromatic heterocycles. The fourth-order valence-electron chi connectivity index (χ4n) is 12.5. The molecule has 11 heterocycles. The molecule has 21 aromatic rings. The number of benzene rings is 10. The van der Waals surface area contributed by atoms with Crippen molar-refractivity contribution in [2.75, 3.05) is 72.8 Å². The van der Waals surface area contributed by atoms with E-state index in [0.29, 0.717) is 58.1 Å². The zero-order valence-electron chi connectivity index (χ0n) is 75.2. The number of ether oxygens (including phenoxy) is 5. The van der Waals surface area contributed by atoms with Gasteiger partial charge in [-0.3, -0.25) is 75.8 Å². The maximum absolute atomic E-state index is 13.1. The lowest BCUT2D eigenvalue weighted by Crippen LogP contribution is -2.13. The normalized spacial score (nSPS) is 10.6. The molecule has 9 N–H and O–H groups in total. The molecule has 21 rings (SSSR count). The van der Waals surface area contributed by atoms with E-state index in [2.05, 4.69) is 92.0 Å². The van der Waals surface area contributed by atoms with Gasteiger partial charge >= 0.3 is 0 Å². The number of amides is 7. The maximum atomic E-state index is 13.1. The Morgan fingerprint density at radius 2 is 0.524 bits per heavy atom. The van der Waals surface area contributed by atoms with Crippen molar-refractivity contribution >= 4 is 228 Å². The van der Waals surface area contributed by atoms with Crippen LogP contribution >= 0.6 is 79.4 Å². The summed E-state index contributed by atoms with van der Waals surface area (Å²) in [5.74, 6) is -2.74. The number of rotatable bonds is 19. The Balaban J connectivity index is 0.000000127. The van der Waals surface area contributed by atoms with Crippen LogP contribution in [-0.4, -0.2) is 142 Å². The highest BCUT2D eigenvalue weighted by Gasteiger charge is 2.21. The summed E-state index contributed by atoms with van der Waals surface area (Å²) in [7, 11) is 7.94. The number of thiazole rings is 7. The van der Waals surface area contributed by atoms with E-state index < -0.39 is 58.8 Å². The molecule has 46 heteroatoms. The highest BCUT2D eigenvalue weighted by atomic mass is 32.1. The molecule has 0 unspecified atom stereocenters. The van der Waals surface area contributed by atoms with Crippen molar-refractivity contribution in [1.82, 2.24) is 54.8 Å². The number of phenolic OH excluding ortho intramolecular Hbond substituents is 2. The molecule has 0 aliphatic heterocycles. The van der Waals surface area contributed by atoms with Gasteiger partial charge in [-0.15, -0.1) is 0 Å². The Kier molecular flexibility index (Phi) is 33.4. The van der Waals surface area contributed by atoms with E-state index in [0.717, 1.165) is 108 Å². The summed E-state index contributed by atoms with van der Waals surface area (Å²) in [5, 5.41) is 40.3. The summed E-state index contributed by atoms with van der Waals surface area (Å²) in [6.45, 7) is 0. The molecular weight excluding hydrogens is 2020 g/mol. The van der Waals surface area contributed by atoms with E-state index in [4.69, 9.17) is 23.7 Å². The molecule has 0 saturated carbocycles. The van der Waals surface area contributed by atoms with Gasteiger partial charge in [0.1, 0.15) is 92.1 Å². The van der Waals surface area contributed by atoms with Gasteiger partial charge in [0.05, 0.1) is 113 Å². The lowest BCUT2D eigenvalue weighted by Gasteiger charge is -2.00. The summed E-state index contributed by atoms with van der Waals surface area (Å²) in [6, 6.07) is 65.8. The second-order valence-corrected chi connectivity index (χ2v) is 36.4. The third-order valence-electron chi connectivity index (χ3n) is 19.4. The summed E-state index contributed by atoms with van der Waals surface area (Å²) in [6.07, 6.45) is 2.24. The summed E-state index contributed by atoms with van der Waals surface area (Å²) in [5.41, 5.74) is 6.31. The number of nitrogens with zero attached hydrogens (tertiary/aromatic N) is 11. The zero-order valence-corrected chi connectivity index (χ0v) is 80.9. The molecule has 0 radical (unpaired) electrons. The van der Waals surface area contributed by atoms with Gasteiger partial charge in [-0.25, -0.2) is 71.8 Å². The number of halogens is 7. The Morgan fingerprint density at radius 3 is 0.828 bits per heavy atom. The van der Waals surface area contributed by atoms with E-state index in [1.165, 1.54) is 213 Å². The highest BCUT2D eigenvalue weighted by molar-refractivity contribution is 7.24. The van der Waals surface area contributed by atoms with Crippen LogP contribution in [0.3, 0.4) is 0 Å². The van der Waals surface area contributed by atoms with Crippen molar-refractivity contribution in [3.05, 3.63) is 354 Å². The Morgan fingerprint density at radius 1 is 0.241 bits per heavy atom. The van der Waals surface area contributed by atoms with E-state index in [1.807, 2.05) is 54.6 Å². The zero-order chi connectivity index (χ0) is 102. The van der Waals surface area contributed by atoms with Crippen molar-refractivity contribution in [3.63, 3.8) is 0 Å². The van der Waals surface area contributed by atoms with Crippen LogP contribution < -0.4 is 60.9 Å². The molecule has 0 saturated heterocycles. The predicted octanol–water partition coefficient (Wildman–Crippen LogP) is 22.8. The van der Waals surface area contributed by atoms with Gasteiger partial charge in [0.25, 0.3) is 41.4 Å². The number of carbonyl (C=O) groups excluding carboxylic acids is 7. The highest BCUT2D eigenvalue weighted by Crippen LogP contribution is 2.37. The van der Waals surface area contributed by atoms with Gasteiger partial charge in [-0.1, -0.05) is 97.6 Å². The minimum atomic E-state index is -0.716. The van der Waals surface area contributed by atoms with Gasteiger partial charge < -0.3 is 33.9 Å². The minimum Gasteiger partial charge on any atom is -0.508 e. The van der Waals surface area contributed by atoms with Gasteiger partial charge in [0.15, 0.2) is 35.9 Å². The van der Waals surface area contributed by atoms with Crippen LogP contribution in [0.15, 0.2) is 273 Å². The largest absolute Gasteiger partial charge is 0.508 e. The number of aromatic hydroxyl groups is 2. The van der Waals surface area contributed by atoms with Gasteiger partial charge in [-0.2, -0.15) is 8.78 Å². The Bertz CT molecular complexity index is 7870. The third-order valence-corrected chi connectivity index (χ3v) is 25.9. The number of carbonyl (C=O) groups is 7. The Labute approximate surface area is 842 Å². The Hall–Kier alpha value is -17.6. The first kappa shape index (κ1) is 102. The molecule has 0 aliphatic rings. The first-order valence-electron chi connectivity index (χ1n) is 41.9. The first-order valence-corrected chi connectivity index (χ1v) is 47.6. The quantitative estimate of drug-likeness (QED) is 0.0268. The van der Waals surface area contributed by atoms with Gasteiger partial charge in [-0.05, 0) is 237 Å². The maximum Gasteiger partial charge on any atom is 0.276 e. The number of nitrogens with one attached hydrogen (secondary N) is 7. The fraction of sp³-hybridized carbons (Fsp3) is 0.0505. The predicted molar refractivity (Wildman–Crippen MR) is 545 cm³/mol. The van der Waals surface area contributed by atoms with Gasteiger partial charge in [0, 0.05) is 29.0 Å². The molecule has 0 fully saturated rings. The van der Waals surface area contributed by atoms with Crippen LogP contribution in [0.2, 0.25) is 0 Å². The van der Waals surface area contributed by atoms with Crippen molar-refractivity contribution in [3.8, 4) is 40.2 Å². The smallest absolute Gasteiger partial charge is 0.276 e. The lowest BCUT2D eigenvalue weighted by atomic mass is 10.2. The summed E-state index contributed by atoms with van der Waals surface area (Å²) >= 11 is 9.11. The summed E-state index contributed by atoms with van der Waals surface area (Å²) < 4.78 is 122. The van der Waals surface area contributed by atoms with Gasteiger partial charge in [0.2, 0.25) is 11.9 Å². The molecule has 145 heavy (non-hydrogen) atoms. The van der Waals surface area contributed by atoms with Crippen LogP contribution in [0, 0.1) is 41.0 Å². The van der Waals surface area contributed by atoms with E-state index in [9.17, 15) is 74.5 Å². The summed E-state index contributed by atoms with van der Waals surface area (Å²) in [4.78, 5) is 128. The van der Waals surface area contributed by atoms with Crippen molar-refractivity contribution < 1.29 is 98.2 Å². The fourth-order valence-corrected chi connectivity index (χ4v) is 18.7. The molecule has 0 aliphatic carbocycles. The molecule has 730 valence electrons.